The fraction of sp³-hybridized carbons (Fsp3) is 1.00. The van der Waals surface area contributed by atoms with E-state index in [9.17, 15) is 0 Å². The average molecular weight is 299 g/mol. The summed E-state index contributed by atoms with van der Waals surface area (Å²) in [4.78, 5) is 0. The predicted molar refractivity (Wildman–Crippen MR) is 84.5 cm³/mol. The Morgan fingerprint density at radius 2 is 1.90 bits per heavy atom. The highest BCUT2D eigenvalue weighted by Crippen LogP contribution is 2.41. The molecule has 5 unspecified atom stereocenters. The summed E-state index contributed by atoms with van der Waals surface area (Å²) < 4.78 is 17.4. The molecule has 0 bridgehead atoms. The second-order valence-corrected chi connectivity index (χ2v) is 7.67. The Labute approximate surface area is 129 Å². The fourth-order valence-corrected chi connectivity index (χ4v) is 4.10. The summed E-state index contributed by atoms with van der Waals surface area (Å²) in [6, 6.07) is 0.417. The summed E-state index contributed by atoms with van der Waals surface area (Å²) in [6.07, 6.45) is 5.53. The van der Waals surface area contributed by atoms with Gasteiger partial charge >= 0.3 is 0 Å². The van der Waals surface area contributed by atoms with E-state index in [-0.39, 0.29) is 12.2 Å². The standard InChI is InChI=1S/C17H33NO3/c1-12-8-13(11-17(2,3)10-12)21-15-9-14(18-4)16(15)20-7-6-19-5/h12-16,18H,6-11H2,1-5H3. The number of methoxy groups -OCH3 is 1. The van der Waals surface area contributed by atoms with Gasteiger partial charge in [-0.2, -0.15) is 0 Å². The Kier molecular flexibility index (Phi) is 6.06. The molecule has 0 spiro atoms. The fourth-order valence-electron chi connectivity index (χ4n) is 4.10. The van der Waals surface area contributed by atoms with Crippen molar-refractivity contribution in [1.82, 2.24) is 5.32 Å². The predicted octanol–water partition coefficient (Wildman–Crippen LogP) is 2.61. The first-order valence-electron chi connectivity index (χ1n) is 8.38. The molecule has 0 radical (unpaired) electrons. The molecule has 2 fully saturated rings. The van der Waals surface area contributed by atoms with Crippen molar-refractivity contribution < 1.29 is 14.2 Å². The van der Waals surface area contributed by atoms with E-state index in [2.05, 4.69) is 26.1 Å². The van der Waals surface area contributed by atoms with Gasteiger partial charge < -0.3 is 19.5 Å². The van der Waals surface area contributed by atoms with E-state index in [1.165, 1.54) is 19.3 Å². The molecule has 2 saturated carbocycles. The van der Waals surface area contributed by atoms with Gasteiger partial charge in [0.15, 0.2) is 0 Å². The normalized spacial score (nSPS) is 39.0. The molecule has 124 valence electrons. The smallest absolute Gasteiger partial charge is 0.0991 e. The largest absolute Gasteiger partial charge is 0.382 e. The Morgan fingerprint density at radius 1 is 1.14 bits per heavy atom. The van der Waals surface area contributed by atoms with Crippen LogP contribution >= 0.6 is 0 Å². The van der Waals surface area contributed by atoms with Crippen LogP contribution in [0.15, 0.2) is 0 Å². The van der Waals surface area contributed by atoms with E-state index >= 15 is 0 Å². The van der Waals surface area contributed by atoms with Crippen LogP contribution in [0.2, 0.25) is 0 Å². The third kappa shape index (κ3) is 4.65. The molecular weight excluding hydrogens is 266 g/mol. The summed E-state index contributed by atoms with van der Waals surface area (Å²) in [5.74, 6) is 0.756. The van der Waals surface area contributed by atoms with Crippen LogP contribution in [0, 0.1) is 11.3 Å². The molecule has 0 aromatic rings. The van der Waals surface area contributed by atoms with Crippen molar-refractivity contribution in [2.45, 2.75) is 70.8 Å². The van der Waals surface area contributed by atoms with E-state index in [0.717, 1.165) is 12.3 Å². The lowest BCUT2D eigenvalue weighted by atomic mass is 9.71. The average Bonchev–Trinajstić information content (AvgIpc) is 2.36. The first-order valence-corrected chi connectivity index (χ1v) is 8.38. The van der Waals surface area contributed by atoms with Gasteiger partial charge in [-0.25, -0.2) is 0 Å². The Morgan fingerprint density at radius 3 is 2.52 bits per heavy atom. The molecule has 4 heteroatoms. The molecule has 1 N–H and O–H groups in total. The first-order chi connectivity index (χ1) is 9.95. The first kappa shape index (κ1) is 17.2. The zero-order valence-corrected chi connectivity index (χ0v) is 14.4. The molecule has 21 heavy (non-hydrogen) atoms. The van der Waals surface area contributed by atoms with Crippen LogP contribution in [0.5, 0.6) is 0 Å². The SMILES string of the molecule is CNC1CC(OC2CC(C)CC(C)(C)C2)C1OCCOC. The van der Waals surface area contributed by atoms with Crippen molar-refractivity contribution in [2.24, 2.45) is 11.3 Å². The van der Waals surface area contributed by atoms with E-state index in [0.29, 0.717) is 30.8 Å². The molecule has 0 saturated heterocycles. The van der Waals surface area contributed by atoms with Crippen LogP contribution in [0.3, 0.4) is 0 Å². The van der Waals surface area contributed by atoms with Gasteiger partial charge in [-0.3, -0.25) is 0 Å². The Hall–Kier alpha value is -0.160. The summed E-state index contributed by atoms with van der Waals surface area (Å²) in [7, 11) is 3.71. The van der Waals surface area contributed by atoms with Crippen LogP contribution < -0.4 is 5.32 Å². The lowest BCUT2D eigenvalue weighted by molar-refractivity contribution is -0.183. The molecule has 2 rings (SSSR count). The zero-order chi connectivity index (χ0) is 15.5. The molecule has 0 amide bonds. The second kappa shape index (κ2) is 7.40. The minimum atomic E-state index is 0.172. The topological polar surface area (TPSA) is 39.7 Å². The third-order valence-electron chi connectivity index (χ3n) is 4.93. The lowest BCUT2D eigenvalue weighted by Gasteiger charge is -2.47. The zero-order valence-electron chi connectivity index (χ0n) is 14.4. The van der Waals surface area contributed by atoms with Crippen LogP contribution in [-0.2, 0) is 14.2 Å². The van der Waals surface area contributed by atoms with Crippen molar-refractivity contribution in [3.63, 3.8) is 0 Å². The molecule has 0 aromatic heterocycles. The van der Waals surface area contributed by atoms with E-state index < -0.39 is 0 Å². The summed E-state index contributed by atoms with van der Waals surface area (Å²) in [5.41, 5.74) is 0.404. The van der Waals surface area contributed by atoms with Gasteiger partial charge in [0.05, 0.1) is 31.5 Å². The number of likely N-dealkylation sites (N-methyl/N-ethyl adjacent to an activating group) is 1. The highest BCUT2D eigenvalue weighted by Gasteiger charge is 2.44. The molecule has 4 nitrogen and oxygen atoms in total. The number of ether oxygens (including phenoxy) is 3. The van der Waals surface area contributed by atoms with Crippen molar-refractivity contribution in [3.05, 3.63) is 0 Å². The highest BCUT2D eigenvalue weighted by molar-refractivity contribution is 4.98. The van der Waals surface area contributed by atoms with Crippen molar-refractivity contribution in [1.29, 1.82) is 0 Å². The number of rotatable bonds is 7. The monoisotopic (exact) mass is 299 g/mol. The van der Waals surface area contributed by atoms with Gasteiger partial charge in [-0.1, -0.05) is 20.8 Å². The number of hydrogen-bond acceptors (Lipinski definition) is 4. The van der Waals surface area contributed by atoms with E-state index in [4.69, 9.17) is 14.2 Å². The molecule has 0 aliphatic heterocycles. The highest BCUT2D eigenvalue weighted by atomic mass is 16.6. The van der Waals surface area contributed by atoms with Gasteiger partial charge in [-0.05, 0) is 44.1 Å². The number of hydrogen-bond donors (Lipinski definition) is 1. The van der Waals surface area contributed by atoms with Gasteiger partial charge in [0.25, 0.3) is 0 Å². The minimum absolute atomic E-state index is 0.172. The van der Waals surface area contributed by atoms with Gasteiger partial charge in [0, 0.05) is 13.2 Å². The molecule has 2 aliphatic rings. The minimum Gasteiger partial charge on any atom is -0.382 e. The van der Waals surface area contributed by atoms with Crippen LogP contribution in [0.1, 0.15) is 46.5 Å². The van der Waals surface area contributed by atoms with Crippen molar-refractivity contribution >= 4 is 0 Å². The summed E-state index contributed by atoms with van der Waals surface area (Å²) >= 11 is 0. The lowest BCUT2D eigenvalue weighted by Crippen LogP contribution is -2.60. The number of nitrogens with one attached hydrogen (secondary N) is 1. The molecule has 2 aliphatic carbocycles. The second-order valence-electron chi connectivity index (χ2n) is 7.67. The van der Waals surface area contributed by atoms with Gasteiger partial charge in [-0.15, -0.1) is 0 Å². The quantitative estimate of drug-likeness (QED) is 0.734. The maximum absolute atomic E-state index is 6.40. The van der Waals surface area contributed by atoms with E-state index in [1.807, 2.05) is 7.05 Å². The van der Waals surface area contributed by atoms with Crippen LogP contribution in [-0.4, -0.2) is 51.7 Å². The maximum Gasteiger partial charge on any atom is 0.0991 e. The van der Waals surface area contributed by atoms with Gasteiger partial charge in [0.1, 0.15) is 0 Å². The van der Waals surface area contributed by atoms with Crippen LogP contribution in [0.4, 0.5) is 0 Å². The van der Waals surface area contributed by atoms with Crippen molar-refractivity contribution in [3.8, 4) is 0 Å². The van der Waals surface area contributed by atoms with Crippen LogP contribution in [0.25, 0.3) is 0 Å². The molecule has 5 atom stereocenters. The molecule has 0 heterocycles. The maximum atomic E-state index is 6.40. The van der Waals surface area contributed by atoms with E-state index in [1.54, 1.807) is 7.11 Å². The summed E-state index contributed by atoms with van der Waals surface area (Å²) in [5, 5.41) is 3.32. The molecule has 0 aromatic carbocycles. The molecular formula is C17H33NO3. The Bertz CT molecular complexity index is 321. The third-order valence-corrected chi connectivity index (χ3v) is 4.93. The Balaban J connectivity index is 1.83. The summed E-state index contributed by atoms with van der Waals surface area (Å²) in [6.45, 7) is 8.37. The van der Waals surface area contributed by atoms with Gasteiger partial charge in [0.2, 0.25) is 0 Å². The van der Waals surface area contributed by atoms with Crippen molar-refractivity contribution in [2.75, 3.05) is 27.4 Å².